The Morgan fingerprint density at radius 1 is 1.64 bits per heavy atom. The van der Waals surface area contributed by atoms with E-state index in [0.717, 1.165) is 0 Å². The SMILES string of the molecule is C#C[C@@H]1[C@H](CC(C)=O)C1(C)C. The van der Waals surface area contributed by atoms with Crippen LogP contribution in [0.2, 0.25) is 0 Å². The van der Waals surface area contributed by atoms with E-state index in [1.807, 2.05) is 0 Å². The summed E-state index contributed by atoms with van der Waals surface area (Å²) in [5, 5.41) is 0. The van der Waals surface area contributed by atoms with Gasteiger partial charge in [0.05, 0.1) is 0 Å². The van der Waals surface area contributed by atoms with Crippen molar-refractivity contribution in [3.8, 4) is 12.3 Å². The Bertz CT molecular complexity index is 220. The minimum atomic E-state index is 0.209. The van der Waals surface area contributed by atoms with Gasteiger partial charge in [-0.3, -0.25) is 0 Å². The second-order valence-electron chi connectivity index (χ2n) is 3.98. The maximum atomic E-state index is 10.8. The average molecular weight is 150 g/mol. The summed E-state index contributed by atoms with van der Waals surface area (Å²) in [6.07, 6.45) is 5.97. The van der Waals surface area contributed by atoms with E-state index in [1.54, 1.807) is 6.92 Å². The molecule has 0 N–H and O–H groups in total. The molecule has 0 aromatic heterocycles. The zero-order chi connectivity index (χ0) is 8.65. The summed E-state index contributed by atoms with van der Waals surface area (Å²) in [7, 11) is 0. The van der Waals surface area contributed by atoms with Gasteiger partial charge in [0.1, 0.15) is 5.78 Å². The predicted octanol–water partition coefficient (Wildman–Crippen LogP) is 1.87. The van der Waals surface area contributed by atoms with Crippen molar-refractivity contribution >= 4 is 5.78 Å². The van der Waals surface area contributed by atoms with Crippen LogP contribution in [0.4, 0.5) is 0 Å². The van der Waals surface area contributed by atoms with Crippen molar-refractivity contribution in [2.45, 2.75) is 27.2 Å². The summed E-state index contributed by atoms with van der Waals surface area (Å²) in [5.41, 5.74) is 0.209. The van der Waals surface area contributed by atoms with Gasteiger partial charge in [0.25, 0.3) is 0 Å². The third-order valence-electron chi connectivity index (χ3n) is 2.74. The van der Waals surface area contributed by atoms with Gasteiger partial charge in [-0.1, -0.05) is 13.8 Å². The van der Waals surface area contributed by atoms with Crippen molar-refractivity contribution in [3.63, 3.8) is 0 Å². The smallest absolute Gasteiger partial charge is 0.130 e. The number of hydrogen-bond donors (Lipinski definition) is 0. The van der Waals surface area contributed by atoms with Crippen LogP contribution < -0.4 is 0 Å². The van der Waals surface area contributed by atoms with Crippen LogP contribution in [-0.4, -0.2) is 5.78 Å². The molecule has 0 aromatic carbocycles. The minimum Gasteiger partial charge on any atom is -0.300 e. The number of rotatable bonds is 2. The van der Waals surface area contributed by atoms with E-state index in [1.165, 1.54) is 0 Å². The van der Waals surface area contributed by atoms with Crippen LogP contribution in [0, 0.1) is 29.6 Å². The van der Waals surface area contributed by atoms with Gasteiger partial charge in [0.2, 0.25) is 0 Å². The molecule has 1 aliphatic rings. The van der Waals surface area contributed by atoms with Crippen LogP contribution in [0.3, 0.4) is 0 Å². The summed E-state index contributed by atoms with van der Waals surface area (Å²) >= 11 is 0. The van der Waals surface area contributed by atoms with E-state index in [4.69, 9.17) is 6.42 Å². The average Bonchev–Trinajstić information content (AvgIpc) is 2.33. The first kappa shape index (κ1) is 8.33. The van der Waals surface area contributed by atoms with Crippen LogP contribution in [-0.2, 0) is 4.79 Å². The van der Waals surface area contributed by atoms with Gasteiger partial charge >= 0.3 is 0 Å². The first-order valence-electron chi connectivity index (χ1n) is 3.95. The molecule has 1 saturated carbocycles. The highest BCUT2D eigenvalue weighted by Crippen LogP contribution is 2.59. The second-order valence-corrected chi connectivity index (χ2v) is 3.98. The van der Waals surface area contributed by atoms with E-state index in [0.29, 0.717) is 18.3 Å². The van der Waals surface area contributed by atoms with Crippen molar-refractivity contribution in [3.05, 3.63) is 0 Å². The third kappa shape index (κ3) is 1.30. The number of carbonyl (C=O) groups is 1. The molecule has 1 aliphatic carbocycles. The molecule has 0 amide bonds. The molecule has 0 bridgehead atoms. The zero-order valence-electron chi connectivity index (χ0n) is 7.35. The molecule has 1 fully saturated rings. The third-order valence-corrected chi connectivity index (χ3v) is 2.74. The Kier molecular flexibility index (Phi) is 1.80. The summed E-state index contributed by atoms with van der Waals surface area (Å²) in [6.45, 7) is 5.89. The molecule has 0 radical (unpaired) electrons. The quantitative estimate of drug-likeness (QED) is 0.549. The van der Waals surface area contributed by atoms with Crippen molar-refractivity contribution in [1.82, 2.24) is 0 Å². The van der Waals surface area contributed by atoms with Crippen molar-refractivity contribution in [1.29, 1.82) is 0 Å². The van der Waals surface area contributed by atoms with Crippen LogP contribution in [0.15, 0.2) is 0 Å². The predicted molar refractivity (Wildman–Crippen MR) is 44.9 cm³/mol. The molecule has 0 aromatic rings. The lowest BCUT2D eigenvalue weighted by molar-refractivity contribution is -0.117. The van der Waals surface area contributed by atoms with Gasteiger partial charge in [-0.05, 0) is 18.3 Å². The molecule has 0 saturated heterocycles. The fraction of sp³-hybridized carbons (Fsp3) is 0.700. The largest absolute Gasteiger partial charge is 0.300 e. The molecule has 0 unspecified atom stereocenters. The van der Waals surface area contributed by atoms with E-state index in [2.05, 4.69) is 19.8 Å². The van der Waals surface area contributed by atoms with E-state index in [9.17, 15) is 4.79 Å². The summed E-state index contributed by atoms with van der Waals surface area (Å²) < 4.78 is 0. The molecule has 1 rings (SSSR count). The zero-order valence-corrected chi connectivity index (χ0v) is 7.35. The lowest BCUT2D eigenvalue weighted by Gasteiger charge is -1.97. The molecule has 11 heavy (non-hydrogen) atoms. The maximum Gasteiger partial charge on any atom is 0.130 e. The molecule has 60 valence electrons. The van der Waals surface area contributed by atoms with Gasteiger partial charge in [0.15, 0.2) is 0 Å². The number of ketones is 1. The van der Waals surface area contributed by atoms with Gasteiger partial charge in [-0.15, -0.1) is 12.3 Å². The summed E-state index contributed by atoms with van der Waals surface area (Å²) in [4.78, 5) is 10.8. The molecule has 0 aliphatic heterocycles. The normalized spacial score (nSPS) is 32.5. The highest BCUT2D eigenvalue weighted by molar-refractivity contribution is 5.76. The lowest BCUT2D eigenvalue weighted by Crippen LogP contribution is -1.96. The van der Waals surface area contributed by atoms with Gasteiger partial charge < -0.3 is 4.79 Å². The van der Waals surface area contributed by atoms with E-state index < -0.39 is 0 Å². The molecule has 0 heterocycles. The van der Waals surface area contributed by atoms with Crippen LogP contribution in [0.1, 0.15) is 27.2 Å². The molecule has 1 heteroatoms. The second kappa shape index (κ2) is 2.37. The van der Waals surface area contributed by atoms with Crippen molar-refractivity contribution in [2.24, 2.45) is 17.3 Å². The van der Waals surface area contributed by atoms with Crippen molar-refractivity contribution < 1.29 is 4.79 Å². The minimum absolute atomic E-state index is 0.209. The van der Waals surface area contributed by atoms with E-state index >= 15 is 0 Å². The molecule has 0 spiro atoms. The van der Waals surface area contributed by atoms with Crippen LogP contribution in [0.5, 0.6) is 0 Å². The highest BCUT2D eigenvalue weighted by atomic mass is 16.1. The number of hydrogen-bond acceptors (Lipinski definition) is 1. The Labute approximate surface area is 68.2 Å². The van der Waals surface area contributed by atoms with Gasteiger partial charge in [-0.2, -0.15) is 0 Å². The Morgan fingerprint density at radius 3 is 2.45 bits per heavy atom. The lowest BCUT2D eigenvalue weighted by atomic mass is 10.1. The fourth-order valence-electron chi connectivity index (χ4n) is 1.77. The molecular weight excluding hydrogens is 136 g/mol. The van der Waals surface area contributed by atoms with E-state index in [-0.39, 0.29) is 11.2 Å². The number of Topliss-reactive ketones (excluding diaryl/α,β-unsaturated/α-hetero) is 1. The Morgan fingerprint density at radius 2 is 2.18 bits per heavy atom. The molecule has 2 atom stereocenters. The Balaban J connectivity index is 2.54. The fourth-order valence-corrected chi connectivity index (χ4v) is 1.77. The molecular formula is C10H14O. The highest BCUT2D eigenvalue weighted by Gasteiger charge is 2.56. The van der Waals surface area contributed by atoms with Crippen LogP contribution in [0.25, 0.3) is 0 Å². The Hall–Kier alpha value is -0.770. The first-order chi connectivity index (χ1) is 5.00. The first-order valence-corrected chi connectivity index (χ1v) is 3.95. The van der Waals surface area contributed by atoms with Gasteiger partial charge in [-0.25, -0.2) is 0 Å². The van der Waals surface area contributed by atoms with Gasteiger partial charge in [0, 0.05) is 12.3 Å². The topological polar surface area (TPSA) is 17.1 Å². The standard InChI is InChI=1S/C10H14O/c1-5-8-9(6-7(2)11)10(8,3)4/h1,8-9H,6H2,2-4H3/t8-,9+/m1/s1. The number of terminal acetylenes is 1. The molecule has 1 nitrogen and oxygen atoms in total. The monoisotopic (exact) mass is 150 g/mol. The maximum absolute atomic E-state index is 10.8. The van der Waals surface area contributed by atoms with Crippen LogP contribution >= 0.6 is 0 Å². The summed E-state index contributed by atoms with van der Waals surface area (Å²) in [5.74, 6) is 3.74. The van der Waals surface area contributed by atoms with Crippen molar-refractivity contribution in [2.75, 3.05) is 0 Å². The number of carbonyl (C=O) groups excluding carboxylic acids is 1. The summed E-state index contributed by atoms with van der Waals surface area (Å²) in [6, 6.07) is 0.